The Kier molecular flexibility index (Phi) is 3.38. The van der Waals surface area contributed by atoms with E-state index in [-0.39, 0.29) is 23.8 Å². The molecular weight excluding hydrogens is 220 g/mol. The van der Waals surface area contributed by atoms with Crippen molar-refractivity contribution in [2.45, 2.75) is 44.7 Å². The third-order valence-corrected chi connectivity index (χ3v) is 4.06. The Morgan fingerprint density at radius 1 is 1.29 bits per heavy atom. The van der Waals surface area contributed by atoms with Gasteiger partial charge in [0.25, 0.3) is 0 Å². The van der Waals surface area contributed by atoms with Crippen LogP contribution in [-0.2, 0) is 9.59 Å². The molecule has 1 aliphatic carbocycles. The maximum Gasteiger partial charge on any atom is 0.326 e. The van der Waals surface area contributed by atoms with Gasteiger partial charge in [-0.25, -0.2) is 4.79 Å². The van der Waals surface area contributed by atoms with Crippen LogP contribution >= 0.6 is 0 Å². The van der Waals surface area contributed by atoms with Crippen LogP contribution in [0.4, 0.5) is 0 Å². The molecule has 5 nitrogen and oxygen atoms in total. The minimum atomic E-state index is -0.884. The first-order valence-electron chi connectivity index (χ1n) is 6.29. The molecule has 1 heterocycles. The fourth-order valence-electron chi connectivity index (χ4n) is 3.05. The van der Waals surface area contributed by atoms with Gasteiger partial charge in [0.15, 0.2) is 0 Å². The lowest BCUT2D eigenvalue weighted by molar-refractivity contribution is -0.151. The van der Waals surface area contributed by atoms with Crippen molar-refractivity contribution in [1.29, 1.82) is 0 Å². The lowest BCUT2D eigenvalue weighted by Crippen LogP contribution is -2.45. The Hall–Kier alpha value is -1.10. The average molecular weight is 240 g/mol. The Bertz CT molecular complexity index is 332. The van der Waals surface area contributed by atoms with Crippen LogP contribution in [0.1, 0.15) is 32.6 Å². The van der Waals surface area contributed by atoms with Crippen LogP contribution in [0.25, 0.3) is 0 Å². The zero-order valence-electron chi connectivity index (χ0n) is 10.1. The second kappa shape index (κ2) is 4.64. The van der Waals surface area contributed by atoms with Crippen molar-refractivity contribution < 1.29 is 14.7 Å². The lowest BCUT2D eigenvalue weighted by Gasteiger charge is -2.26. The van der Waals surface area contributed by atoms with E-state index >= 15 is 0 Å². The maximum atomic E-state index is 12.3. The molecule has 3 N–H and O–H groups in total. The SMILES string of the molecule is CC1CCN(C(=O)C2CCC(N)C2)C1C(=O)O. The van der Waals surface area contributed by atoms with Crippen molar-refractivity contribution in [2.24, 2.45) is 17.6 Å². The van der Waals surface area contributed by atoms with Crippen molar-refractivity contribution >= 4 is 11.9 Å². The molecule has 1 amide bonds. The molecule has 5 heteroatoms. The molecule has 0 radical (unpaired) electrons. The van der Waals surface area contributed by atoms with E-state index in [1.807, 2.05) is 6.92 Å². The van der Waals surface area contributed by atoms with E-state index in [0.29, 0.717) is 13.0 Å². The summed E-state index contributed by atoms with van der Waals surface area (Å²) in [6.07, 6.45) is 3.16. The van der Waals surface area contributed by atoms with Crippen molar-refractivity contribution in [2.75, 3.05) is 6.54 Å². The molecule has 0 aromatic rings. The molecule has 2 rings (SSSR count). The second-order valence-electron chi connectivity index (χ2n) is 5.35. The molecule has 96 valence electrons. The van der Waals surface area contributed by atoms with Crippen molar-refractivity contribution in [3.05, 3.63) is 0 Å². The summed E-state index contributed by atoms with van der Waals surface area (Å²) in [5.74, 6) is -0.899. The molecule has 0 bridgehead atoms. The summed E-state index contributed by atoms with van der Waals surface area (Å²) in [7, 11) is 0. The number of hydrogen-bond acceptors (Lipinski definition) is 3. The minimum absolute atomic E-state index is 0.00491. The van der Waals surface area contributed by atoms with E-state index in [9.17, 15) is 14.7 Å². The topological polar surface area (TPSA) is 83.6 Å². The number of amides is 1. The predicted molar refractivity (Wildman–Crippen MR) is 62.2 cm³/mol. The molecule has 17 heavy (non-hydrogen) atoms. The van der Waals surface area contributed by atoms with Gasteiger partial charge in [0.1, 0.15) is 6.04 Å². The summed E-state index contributed by atoms with van der Waals surface area (Å²) in [5, 5.41) is 9.18. The molecule has 0 spiro atoms. The van der Waals surface area contributed by atoms with Gasteiger partial charge in [-0.2, -0.15) is 0 Å². The second-order valence-corrected chi connectivity index (χ2v) is 5.35. The third-order valence-electron chi connectivity index (χ3n) is 4.06. The van der Waals surface area contributed by atoms with Crippen molar-refractivity contribution in [3.8, 4) is 0 Å². The third kappa shape index (κ3) is 2.29. The highest BCUT2D eigenvalue weighted by Gasteiger charge is 2.42. The van der Waals surface area contributed by atoms with E-state index < -0.39 is 12.0 Å². The number of carboxylic acid groups (broad SMARTS) is 1. The number of carbonyl (C=O) groups is 2. The zero-order chi connectivity index (χ0) is 12.6. The van der Waals surface area contributed by atoms with Crippen LogP contribution in [0.3, 0.4) is 0 Å². The minimum Gasteiger partial charge on any atom is -0.480 e. The summed E-state index contributed by atoms with van der Waals surface area (Å²) in [5.41, 5.74) is 5.80. The van der Waals surface area contributed by atoms with Gasteiger partial charge >= 0.3 is 5.97 Å². The first-order chi connectivity index (χ1) is 8.00. The number of hydrogen-bond donors (Lipinski definition) is 2. The van der Waals surface area contributed by atoms with Crippen LogP contribution in [0.5, 0.6) is 0 Å². The Balaban J connectivity index is 2.06. The molecule has 4 unspecified atom stereocenters. The Morgan fingerprint density at radius 2 is 2.00 bits per heavy atom. The van der Waals surface area contributed by atoms with Gasteiger partial charge in [-0.3, -0.25) is 4.79 Å². The largest absolute Gasteiger partial charge is 0.480 e. The van der Waals surface area contributed by atoms with Crippen molar-refractivity contribution in [1.82, 2.24) is 4.90 Å². The molecule has 0 aromatic carbocycles. The standard InChI is InChI=1S/C12H20N2O3/c1-7-4-5-14(10(7)12(16)17)11(15)8-2-3-9(13)6-8/h7-10H,2-6,13H2,1H3,(H,16,17). The van der Waals surface area contributed by atoms with Gasteiger partial charge < -0.3 is 15.7 Å². The summed E-state index contributed by atoms with van der Waals surface area (Å²) >= 11 is 0. The molecule has 1 saturated carbocycles. The Labute approximate surface area is 101 Å². The number of carbonyl (C=O) groups excluding carboxylic acids is 1. The molecule has 0 aromatic heterocycles. The summed E-state index contributed by atoms with van der Waals surface area (Å²) < 4.78 is 0. The number of carboxylic acids is 1. The molecule has 4 atom stereocenters. The van der Waals surface area contributed by atoms with Gasteiger partial charge in [-0.05, 0) is 31.6 Å². The number of nitrogens with two attached hydrogens (primary N) is 1. The maximum absolute atomic E-state index is 12.3. The van der Waals surface area contributed by atoms with E-state index in [2.05, 4.69) is 0 Å². The van der Waals surface area contributed by atoms with Crippen LogP contribution in [0.2, 0.25) is 0 Å². The van der Waals surface area contributed by atoms with Gasteiger partial charge in [0.2, 0.25) is 5.91 Å². The highest BCUT2D eigenvalue weighted by molar-refractivity contribution is 5.86. The monoisotopic (exact) mass is 240 g/mol. The van der Waals surface area contributed by atoms with Gasteiger partial charge in [0, 0.05) is 18.5 Å². The average Bonchev–Trinajstić information content (AvgIpc) is 2.83. The fourth-order valence-corrected chi connectivity index (χ4v) is 3.05. The van der Waals surface area contributed by atoms with Gasteiger partial charge in [-0.15, -0.1) is 0 Å². The zero-order valence-corrected chi connectivity index (χ0v) is 10.1. The van der Waals surface area contributed by atoms with Crippen LogP contribution in [0, 0.1) is 11.8 Å². The summed E-state index contributed by atoms with van der Waals surface area (Å²) in [4.78, 5) is 25.0. The number of aliphatic carboxylic acids is 1. The Morgan fingerprint density at radius 3 is 2.53 bits per heavy atom. The number of rotatable bonds is 2. The first-order valence-corrected chi connectivity index (χ1v) is 6.29. The molecule has 1 saturated heterocycles. The first kappa shape index (κ1) is 12.4. The quantitative estimate of drug-likeness (QED) is 0.733. The lowest BCUT2D eigenvalue weighted by atomic mass is 10.0. The summed E-state index contributed by atoms with van der Waals surface area (Å²) in [6, 6.07) is -0.536. The molecule has 2 aliphatic rings. The fraction of sp³-hybridized carbons (Fsp3) is 0.833. The van der Waals surface area contributed by atoms with E-state index in [0.717, 1.165) is 19.3 Å². The molecular formula is C12H20N2O3. The van der Waals surface area contributed by atoms with Crippen LogP contribution in [-0.4, -0.2) is 40.5 Å². The van der Waals surface area contributed by atoms with Crippen molar-refractivity contribution in [3.63, 3.8) is 0 Å². The van der Waals surface area contributed by atoms with Crippen LogP contribution in [0.15, 0.2) is 0 Å². The van der Waals surface area contributed by atoms with E-state index in [4.69, 9.17) is 5.73 Å². The van der Waals surface area contributed by atoms with E-state index in [1.54, 1.807) is 4.90 Å². The number of nitrogens with zero attached hydrogens (tertiary/aromatic N) is 1. The van der Waals surface area contributed by atoms with Gasteiger partial charge in [0.05, 0.1) is 0 Å². The van der Waals surface area contributed by atoms with Gasteiger partial charge in [-0.1, -0.05) is 6.92 Å². The number of likely N-dealkylation sites (tertiary alicyclic amines) is 1. The predicted octanol–water partition coefficient (Wildman–Crippen LogP) is 0.435. The highest BCUT2D eigenvalue weighted by atomic mass is 16.4. The normalized spacial score (nSPS) is 37.4. The molecule has 2 fully saturated rings. The molecule has 1 aliphatic heterocycles. The highest BCUT2D eigenvalue weighted by Crippen LogP contribution is 2.31. The summed E-state index contributed by atoms with van der Waals surface area (Å²) in [6.45, 7) is 2.47. The van der Waals surface area contributed by atoms with Crippen LogP contribution < -0.4 is 5.73 Å². The van der Waals surface area contributed by atoms with E-state index in [1.165, 1.54) is 0 Å². The smallest absolute Gasteiger partial charge is 0.326 e.